The number of aryl methyl sites for hydroxylation is 2. The molecule has 0 bridgehead atoms. The fourth-order valence-electron chi connectivity index (χ4n) is 3.10. The molecule has 0 spiro atoms. The zero-order valence-electron chi connectivity index (χ0n) is 18.1. The van der Waals surface area contributed by atoms with Crippen molar-refractivity contribution in [2.75, 3.05) is 30.1 Å². The lowest BCUT2D eigenvalue weighted by Gasteiger charge is -2.13. The summed E-state index contributed by atoms with van der Waals surface area (Å²) in [4.78, 5) is 34.2. The molecule has 0 saturated heterocycles. The van der Waals surface area contributed by atoms with Crippen LogP contribution < -0.4 is 15.8 Å². The highest BCUT2D eigenvalue weighted by Crippen LogP contribution is 2.28. The van der Waals surface area contributed by atoms with Gasteiger partial charge in [-0.2, -0.15) is 0 Å². The molecule has 0 atom stereocenters. The van der Waals surface area contributed by atoms with Crippen molar-refractivity contribution in [2.24, 2.45) is 0 Å². The van der Waals surface area contributed by atoms with Gasteiger partial charge in [-0.3, -0.25) is 14.2 Å². The normalized spacial score (nSPS) is 11.1. The van der Waals surface area contributed by atoms with Gasteiger partial charge < -0.3 is 10.2 Å². The average molecular weight is 445 g/mol. The number of unbranched alkanes of at least 4 members (excludes halogenated alkanes) is 1. The molecule has 0 unspecified atom stereocenters. The molecule has 2 aromatic heterocycles. The van der Waals surface area contributed by atoms with E-state index in [1.54, 1.807) is 4.57 Å². The Bertz CT molecular complexity index is 1100. The molecule has 3 rings (SSSR count). The highest BCUT2D eigenvalue weighted by molar-refractivity contribution is 7.99. The van der Waals surface area contributed by atoms with E-state index in [-0.39, 0.29) is 17.2 Å². The number of benzene rings is 1. The van der Waals surface area contributed by atoms with E-state index in [9.17, 15) is 9.59 Å². The fraction of sp³-hybridized carbons (Fsp3) is 0.409. The second-order valence-corrected chi connectivity index (χ2v) is 9.59. The minimum Gasteiger partial charge on any atom is -0.378 e. The molecule has 1 N–H and O–H groups in total. The molecule has 0 fully saturated rings. The molecular weight excluding hydrogens is 416 g/mol. The number of carbonyl (C=O) groups is 1. The summed E-state index contributed by atoms with van der Waals surface area (Å²) in [6.07, 6.45) is 1.88. The first-order chi connectivity index (χ1) is 14.3. The Morgan fingerprint density at radius 1 is 1.23 bits per heavy atom. The number of thioether (sulfide) groups is 1. The van der Waals surface area contributed by atoms with Crippen molar-refractivity contribution in [3.8, 4) is 0 Å². The highest BCUT2D eigenvalue weighted by Gasteiger charge is 2.17. The first-order valence-electron chi connectivity index (χ1n) is 10.0. The van der Waals surface area contributed by atoms with E-state index in [2.05, 4.69) is 12.2 Å². The Kier molecular flexibility index (Phi) is 7.20. The number of rotatable bonds is 8. The maximum atomic E-state index is 13.1. The first-order valence-corrected chi connectivity index (χ1v) is 11.8. The molecule has 1 amide bonds. The summed E-state index contributed by atoms with van der Waals surface area (Å²) in [7, 11) is 3.95. The van der Waals surface area contributed by atoms with Crippen LogP contribution in [0.25, 0.3) is 10.2 Å². The summed E-state index contributed by atoms with van der Waals surface area (Å²) >= 11 is 2.85. The van der Waals surface area contributed by atoms with Gasteiger partial charge in [-0.25, -0.2) is 4.98 Å². The number of aromatic nitrogens is 2. The van der Waals surface area contributed by atoms with Crippen LogP contribution in [0.5, 0.6) is 0 Å². The molecule has 0 saturated carbocycles. The number of thiophene rings is 1. The monoisotopic (exact) mass is 444 g/mol. The Morgan fingerprint density at radius 3 is 2.57 bits per heavy atom. The maximum absolute atomic E-state index is 13.1. The second kappa shape index (κ2) is 9.66. The van der Waals surface area contributed by atoms with Crippen molar-refractivity contribution in [3.05, 3.63) is 45.1 Å². The third kappa shape index (κ3) is 4.87. The van der Waals surface area contributed by atoms with E-state index in [4.69, 9.17) is 4.98 Å². The Balaban J connectivity index is 1.78. The molecule has 160 valence electrons. The second-order valence-electron chi connectivity index (χ2n) is 7.45. The molecule has 0 aliphatic heterocycles. The number of amides is 1. The zero-order chi connectivity index (χ0) is 21.8. The number of anilines is 2. The SMILES string of the molecule is CCCCn1c(SCC(=O)Nc2ccc(N(C)C)cc2)nc2sc(C)c(C)c2c1=O. The van der Waals surface area contributed by atoms with Crippen molar-refractivity contribution < 1.29 is 4.79 Å². The number of nitrogens with zero attached hydrogens (tertiary/aromatic N) is 3. The Morgan fingerprint density at radius 2 is 1.93 bits per heavy atom. The lowest BCUT2D eigenvalue weighted by atomic mass is 10.2. The van der Waals surface area contributed by atoms with Gasteiger partial charge in [0.25, 0.3) is 5.56 Å². The summed E-state index contributed by atoms with van der Waals surface area (Å²) in [5.41, 5.74) is 2.83. The summed E-state index contributed by atoms with van der Waals surface area (Å²) < 4.78 is 1.73. The van der Waals surface area contributed by atoms with Crippen LogP contribution in [-0.2, 0) is 11.3 Å². The van der Waals surface area contributed by atoms with Crippen LogP contribution in [0.2, 0.25) is 0 Å². The van der Waals surface area contributed by atoms with Gasteiger partial charge in [0.1, 0.15) is 4.83 Å². The topological polar surface area (TPSA) is 67.2 Å². The summed E-state index contributed by atoms with van der Waals surface area (Å²) in [6, 6.07) is 7.69. The number of hydrogen-bond acceptors (Lipinski definition) is 6. The minimum absolute atomic E-state index is 0.00233. The molecule has 0 radical (unpaired) electrons. The molecule has 0 aliphatic carbocycles. The number of hydrogen-bond donors (Lipinski definition) is 1. The lowest BCUT2D eigenvalue weighted by Crippen LogP contribution is -2.24. The van der Waals surface area contributed by atoms with Gasteiger partial charge in [0, 0.05) is 36.9 Å². The smallest absolute Gasteiger partial charge is 0.263 e. The predicted octanol–water partition coefficient (Wildman–Crippen LogP) is 4.67. The standard InChI is InChI=1S/C22H28N4O2S2/c1-6-7-12-26-21(28)19-14(2)15(3)30-20(19)24-22(26)29-13-18(27)23-16-8-10-17(11-9-16)25(4)5/h8-11H,6-7,12-13H2,1-5H3,(H,23,27). The summed E-state index contributed by atoms with van der Waals surface area (Å²) in [6.45, 7) is 6.70. The van der Waals surface area contributed by atoms with Crippen LogP contribution in [0.15, 0.2) is 34.2 Å². The van der Waals surface area contributed by atoms with Crippen molar-refractivity contribution in [3.63, 3.8) is 0 Å². The number of nitrogens with one attached hydrogen (secondary N) is 1. The third-order valence-corrected chi connectivity index (χ3v) is 7.07. The Labute approximate surface area is 185 Å². The summed E-state index contributed by atoms with van der Waals surface area (Å²) in [5.74, 6) is 0.0792. The van der Waals surface area contributed by atoms with Gasteiger partial charge in [-0.15, -0.1) is 11.3 Å². The fourth-order valence-corrected chi connectivity index (χ4v) is 5.00. The molecule has 6 nitrogen and oxygen atoms in total. The summed E-state index contributed by atoms with van der Waals surface area (Å²) in [5, 5.41) is 4.24. The molecule has 2 heterocycles. The quantitative estimate of drug-likeness (QED) is 0.404. The van der Waals surface area contributed by atoms with Gasteiger partial charge >= 0.3 is 0 Å². The van der Waals surface area contributed by atoms with Crippen LogP contribution in [0, 0.1) is 13.8 Å². The van der Waals surface area contributed by atoms with Crippen LogP contribution >= 0.6 is 23.1 Å². The van der Waals surface area contributed by atoms with Crippen LogP contribution in [-0.4, -0.2) is 35.3 Å². The van der Waals surface area contributed by atoms with E-state index in [1.807, 2.05) is 57.1 Å². The minimum atomic E-state index is -0.118. The average Bonchev–Trinajstić information content (AvgIpc) is 3.00. The number of carbonyl (C=O) groups excluding carboxylic acids is 1. The lowest BCUT2D eigenvalue weighted by molar-refractivity contribution is -0.113. The maximum Gasteiger partial charge on any atom is 0.263 e. The number of fused-ring (bicyclic) bond motifs is 1. The van der Waals surface area contributed by atoms with Crippen LogP contribution in [0.4, 0.5) is 11.4 Å². The van der Waals surface area contributed by atoms with E-state index in [0.29, 0.717) is 17.1 Å². The van der Waals surface area contributed by atoms with Crippen molar-refractivity contribution in [2.45, 2.75) is 45.3 Å². The van der Waals surface area contributed by atoms with Gasteiger partial charge in [0.15, 0.2) is 5.16 Å². The van der Waals surface area contributed by atoms with E-state index < -0.39 is 0 Å². The molecule has 0 aliphatic rings. The zero-order valence-corrected chi connectivity index (χ0v) is 19.7. The first kappa shape index (κ1) is 22.4. The highest BCUT2D eigenvalue weighted by atomic mass is 32.2. The van der Waals surface area contributed by atoms with E-state index in [1.165, 1.54) is 23.1 Å². The molecular formula is C22H28N4O2S2. The van der Waals surface area contributed by atoms with Crippen molar-refractivity contribution in [1.82, 2.24) is 9.55 Å². The van der Waals surface area contributed by atoms with Gasteiger partial charge in [0.2, 0.25) is 5.91 Å². The Hall–Kier alpha value is -2.32. The van der Waals surface area contributed by atoms with E-state index >= 15 is 0 Å². The van der Waals surface area contributed by atoms with Crippen LogP contribution in [0.3, 0.4) is 0 Å². The molecule has 1 aromatic carbocycles. The molecule has 3 aromatic rings. The molecule has 8 heteroatoms. The van der Waals surface area contributed by atoms with Crippen molar-refractivity contribution in [1.29, 1.82) is 0 Å². The van der Waals surface area contributed by atoms with Gasteiger partial charge in [-0.1, -0.05) is 25.1 Å². The predicted molar refractivity (Wildman–Crippen MR) is 128 cm³/mol. The van der Waals surface area contributed by atoms with Gasteiger partial charge in [-0.05, 0) is 50.1 Å². The van der Waals surface area contributed by atoms with Crippen LogP contribution in [0.1, 0.15) is 30.2 Å². The van der Waals surface area contributed by atoms with Gasteiger partial charge in [0.05, 0.1) is 11.1 Å². The third-order valence-electron chi connectivity index (χ3n) is 4.99. The molecule has 30 heavy (non-hydrogen) atoms. The van der Waals surface area contributed by atoms with Crippen molar-refractivity contribution >= 4 is 50.6 Å². The largest absolute Gasteiger partial charge is 0.378 e. The van der Waals surface area contributed by atoms with E-state index in [0.717, 1.165) is 39.5 Å².